The first-order chi connectivity index (χ1) is 6.64. The van der Waals surface area contributed by atoms with Crippen molar-refractivity contribution in [1.82, 2.24) is 5.32 Å². The van der Waals surface area contributed by atoms with Crippen LogP contribution in [0.4, 0.5) is 0 Å². The first-order valence-corrected chi connectivity index (χ1v) is 4.84. The zero-order chi connectivity index (χ0) is 10.2. The average Bonchev–Trinajstić information content (AvgIpc) is 2.22. The Kier molecular flexibility index (Phi) is 2.53. The summed E-state index contributed by atoms with van der Waals surface area (Å²) >= 11 is 0. The predicted octanol–water partition coefficient (Wildman–Crippen LogP) is -0.696. The molecular formula is C9H17NO4. The van der Waals surface area contributed by atoms with Crippen molar-refractivity contribution < 1.29 is 19.3 Å². The molecule has 0 amide bonds. The van der Waals surface area contributed by atoms with E-state index in [1.54, 1.807) is 7.05 Å². The van der Waals surface area contributed by atoms with Gasteiger partial charge in [-0.3, -0.25) is 0 Å². The predicted molar refractivity (Wildman–Crippen MR) is 48.6 cm³/mol. The molecule has 0 unspecified atom stereocenters. The van der Waals surface area contributed by atoms with E-state index < -0.39 is 5.97 Å². The van der Waals surface area contributed by atoms with Gasteiger partial charge in [0.15, 0.2) is 0 Å². The molecule has 3 heterocycles. The minimum absolute atomic E-state index is 0.0322. The molecule has 1 atom stereocenters. The van der Waals surface area contributed by atoms with Crippen LogP contribution in [0, 0.1) is 5.41 Å². The van der Waals surface area contributed by atoms with Gasteiger partial charge in [0.05, 0.1) is 26.4 Å². The molecule has 5 nitrogen and oxygen atoms in total. The van der Waals surface area contributed by atoms with E-state index in [1.165, 1.54) is 0 Å². The number of hydrogen-bond donors (Lipinski definition) is 2. The Morgan fingerprint density at radius 2 is 1.79 bits per heavy atom. The number of rotatable bonds is 3. The number of hydrogen-bond acceptors (Lipinski definition) is 5. The molecule has 3 rings (SSSR count). The van der Waals surface area contributed by atoms with Crippen molar-refractivity contribution in [1.29, 1.82) is 0 Å². The van der Waals surface area contributed by atoms with Crippen LogP contribution in [-0.2, 0) is 14.2 Å². The first-order valence-electron chi connectivity index (χ1n) is 4.84. The van der Waals surface area contributed by atoms with E-state index in [1.807, 2.05) is 0 Å². The second kappa shape index (κ2) is 3.43. The zero-order valence-corrected chi connectivity index (χ0v) is 8.58. The summed E-state index contributed by atoms with van der Waals surface area (Å²) in [5, 5.41) is 12.1. The Labute approximate surface area is 83.3 Å². The summed E-state index contributed by atoms with van der Waals surface area (Å²) in [5.74, 6) is -1.08. The largest absolute Gasteiger partial charge is 0.394 e. The summed E-state index contributed by atoms with van der Waals surface area (Å²) in [6.45, 7) is 3.83. The molecule has 14 heavy (non-hydrogen) atoms. The maximum absolute atomic E-state index is 9.15. The molecule has 2 N–H and O–H groups in total. The zero-order valence-electron chi connectivity index (χ0n) is 8.58. The molecule has 0 aliphatic carbocycles. The molecule has 3 fully saturated rings. The van der Waals surface area contributed by atoms with Gasteiger partial charge < -0.3 is 24.6 Å². The van der Waals surface area contributed by atoms with Gasteiger partial charge in [-0.25, -0.2) is 0 Å². The van der Waals surface area contributed by atoms with Gasteiger partial charge in [-0.1, -0.05) is 6.92 Å². The highest BCUT2D eigenvalue weighted by Crippen LogP contribution is 2.39. The van der Waals surface area contributed by atoms with Crippen molar-refractivity contribution in [3.63, 3.8) is 0 Å². The van der Waals surface area contributed by atoms with Crippen molar-refractivity contribution in [2.45, 2.75) is 18.9 Å². The van der Waals surface area contributed by atoms with Crippen molar-refractivity contribution in [2.75, 3.05) is 33.5 Å². The molecule has 0 aromatic rings. The standard InChI is InChI=1S/C9H17NO4/c1-8-4-12-9(13-5-8,14-6-8)7(3-11)10-2/h7,10-11H,3-6H2,1-2H3/t7-,8?,9?/m0/s1. The molecule has 3 aliphatic rings. The lowest BCUT2D eigenvalue weighted by Gasteiger charge is -2.52. The lowest BCUT2D eigenvalue weighted by molar-refractivity contribution is -0.475. The Morgan fingerprint density at radius 3 is 2.14 bits per heavy atom. The molecule has 0 radical (unpaired) electrons. The first kappa shape index (κ1) is 10.3. The number of fused-ring (bicyclic) bond motifs is 3. The summed E-state index contributed by atoms with van der Waals surface area (Å²) in [6, 6.07) is -0.340. The van der Waals surface area contributed by atoms with Crippen LogP contribution in [0.15, 0.2) is 0 Å². The topological polar surface area (TPSA) is 60.0 Å². The summed E-state index contributed by atoms with van der Waals surface area (Å²) in [6.07, 6.45) is 0. The van der Waals surface area contributed by atoms with Gasteiger partial charge in [0.1, 0.15) is 6.04 Å². The smallest absolute Gasteiger partial charge is 0.301 e. The third-order valence-electron chi connectivity index (χ3n) is 2.82. The number of ether oxygens (including phenoxy) is 3. The minimum Gasteiger partial charge on any atom is -0.394 e. The van der Waals surface area contributed by atoms with Crippen molar-refractivity contribution in [3.05, 3.63) is 0 Å². The van der Waals surface area contributed by atoms with E-state index in [-0.39, 0.29) is 18.1 Å². The molecule has 5 heteroatoms. The van der Waals surface area contributed by atoms with Gasteiger partial charge in [-0.05, 0) is 7.05 Å². The highest BCUT2D eigenvalue weighted by molar-refractivity contribution is 4.90. The average molecular weight is 203 g/mol. The Balaban J connectivity index is 2.11. The molecule has 0 aromatic heterocycles. The second-order valence-electron chi connectivity index (χ2n) is 4.30. The summed E-state index contributed by atoms with van der Waals surface area (Å²) < 4.78 is 16.6. The Hall–Kier alpha value is -0.200. The van der Waals surface area contributed by atoms with Crippen LogP contribution in [0.2, 0.25) is 0 Å². The third kappa shape index (κ3) is 1.45. The van der Waals surface area contributed by atoms with Crippen LogP contribution in [-0.4, -0.2) is 50.6 Å². The van der Waals surface area contributed by atoms with Gasteiger partial charge in [0.25, 0.3) is 0 Å². The van der Waals surface area contributed by atoms with Crippen LogP contribution in [0.3, 0.4) is 0 Å². The lowest BCUT2D eigenvalue weighted by Crippen LogP contribution is -2.67. The van der Waals surface area contributed by atoms with Crippen LogP contribution < -0.4 is 5.32 Å². The maximum atomic E-state index is 9.15. The molecule has 0 saturated carbocycles. The number of nitrogens with one attached hydrogen (secondary N) is 1. The SMILES string of the molecule is CN[C@@H](CO)C12OCC(C)(CO1)CO2. The van der Waals surface area contributed by atoms with E-state index in [2.05, 4.69) is 12.2 Å². The van der Waals surface area contributed by atoms with Crippen molar-refractivity contribution >= 4 is 0 Å². The van der Waals surface area contributed by atoms with Gasteiger partial charge in [0, 0.05) is 5.41 Å². The van der Waals surface area contributed by atoms with Crippen LogP contribution in [0.5, 0.6) is 0 Å². The molecule has 82 valence electrons. The van der Waals surface area contributed by atoms with Crippen LogP contribution >= 0.6 is 0 Å². The monoisotopic (exact) mass is 203 g/mol. The normalized spacial score (nSPS) is 43.9. The van der Waals surface area contributed by atoms with E-state index >= 15 is 0 Å². The third-order valence-corrected chi connectivity index (χ3v) is 2.82. The summed E-state index contributed by atoms with van der Waals surface area (Å²) in [5.41, 5.74) is -0.0322. The van der Waals surface area contributed by atoms with E-state index in [0.717, 1.165) is 0 Å². The van der Waals surface area contributed by atoms with E-state index in [4.69, 9.17) is 19.3 Å². The van der Waals surface area contributed by atoms with Crippen LogP contribution in [0.25, 0.3) is 0 Å². The summed E-state index contributed by atoms with van der Waals surface area (Å²) in [4.78, 5) is 0. The van der Waals surface area contributed by atoms with E-state index in [9.17, 15) is 0 Å². The number of aliphatic hydroxyl groups excluding tert-OH is 1. The van der Waals surface area contributed by atoms with Gasteiger partial charge in [0.2, 0.25) is 0 Å². The number of likely N-dealkylation sites (N-methyl/N-ethyl adjacent to an activating group) is 1. The van der Waals surface area contributed by atoms with Gasteiger partial charge in [-0.2, -0.15) is 0 Å². The summed E-state index contributed by atoms with van der Waals surface area (Å²) in [7, 11) is 1.74. The minimum atomic E-state index is -1.08. The fraction of sp³-hybridized carbons (Fsp3) is 1.00. The van der Waals surface area contributed by atoms with Crippen LogP contribution in [0.1, 0.15) is 6.92 Å². The molecule has 3 aliphatic heterocycles. The van der Waals surface area contributed by atoms with Crippen molar-refractivity contribution in [2.24, 2.45) is 5.41 Å². The highest BCUT2D eigenvalue weighted by atomic mass is 16.9. The fourth-order valence-corrected chi connectivity index (χ4v) is 1.76. The highest BCUT2D eigenvalue weighted by Gasteiger charge is 2.54. The quantitative estimate of drug-likeness (QED) is 0.635. The molecule has 3 saturated heterocycles. The van der Waals surface area contributed by atoms with Gasteiger partial charge >= 0.3 is 5.97 Å². The number of aliphatic hydroxyl groups is 1. The second-order valence-corrected chi connectivity index (χ2v) is 4.30. The molecule has 2 bridgehead atoms. The Bertz CT molecular complexity index is 192. The Morgan fingerprint density at radius 1 is 1.29 bits per heavy atom. The molecule has 0 spiro atoms. The molecular weight excluding hydrogens is 186 g/mol. The van der Waals surface area contributed by atoms with Gasteiger partial charge in [-0.15, -0.1) is 0 Å². The van der Waals surface area contributed by atoms with Crippen molar-refractivity contribution in [3.8, 4) is 0 Å². The fourth-order valence-electron chi connectivity index (χ4n) is 1.76. The van der Waals surface area contributed by atoms with E-state index in [0.29, 0.717) is 19.8 Å². The maximum Gasteiger partial charge on any atom is 0.301 e. The molecule has 0 aromatic carbocycles. The lowest BCUT2D eigenvalue weighted by atomic mass is 9.91.